The molecule has 0 bridgehead atoms. The minimum absolute atomic E-state index is 0.00803. The number of benzene rings is 2. The first-order valence-electron chi connectivity index (χ1n) is 6.25. The van der Waals surface area contributed by atoms with Crippen molar-refractivity contribution in [2.75, 3.05) is 10.5 Å². The van der Waals surface area contributed by atoms with Crippen LogP contribution in [0, 0.1) is 5.21 Å². The summed E-state index contributed by atoms with van der Waals surface area (Å²) in [5, 5.41) is 21.5. The van der Waals surface area contributed by atoms with E-state index in [0.717, 1.165) is 0 Å². The highest BCUT2D eigenvalue weighted by molar-refractivity contribution is 5.97. The predicted molar refractivity (Wildman–Crippen MR) is 80.1 cm³/mol. The molecule has 0 saturated carbocycles. The van der Waals surface area contributed by atoms with Gasteiger partial charge in [0.25, 0.3) is 5.91 Å². The maximum atomic E-state index is 11.8. The normalized spacial score (nSPS) is 9.73. The van der Waals surface area contributed by atoms with Crippen molar-refractivity contribution in [2.45, 2.75) is 0 Å². The summed E-state index contributed by atoms with van der Waals surface area (Å²) in [7, 11) is 0. The molecule has 0 saturated heterocycles. The SMILES string of the molecule is O=C(NNC(=O)c1ccc(N([O-])O)cc1)Nc1ccccc1. The Bertz CT molecular complexity index is 644. The van der Waals surface area contributed by atoms with Crippen molar-refractivity contribution in [3.63, 3.8) is 0 Å². The maximum absolute atomic E-state index is 11.8. The van der Waals surface area contributed by atoms with Gasteiger partial charge in [-0.15, -0.1) is 0 Å². The molecule has 8 heteroatoms. The van der Waals surface area contributed by atoms with Gasteiger partial charge in [-0.2, -0.15) is 0 Å². The molecule has 3 amide bonds. The molecule has 0 radical (unpaired) electrons. The molecule has 2 aromatic carbocycles. The highest BCUT2D eigenvalue weighted by Gasteiger charge is 2.07. The number of amides is 3. The van der Waals surface area contributed by atoms with Crippen LogP contribution < -0.4 is 21.4 Å². The third kappa shape index (κ3) is 4.20. The van der Waals surface area contributed by atoms with Crippen LogP contribution in [-0.4, -0.2) is 17.1 Å². The third-order valence-corrected chi connectivity index (χ3v) is 2.67. The molecule has 0 aliphatic carbocycles. The fourth-order valence-electron chi connectivity index (χ4n) is 1.61. The average Bonchev–Trinajstić information content (AvgIpc) is 2.53. The lowest BCUT2D eigenvalue weighted by Crippen LogP contribution is -2.43. The fraction of sp³-hybridized carbons (Fsp3) is 0. The summed E-state index contributed by atoms with van der Waals surface area (Å²) in [5.74, 6) is -0.565. The van der Waals surface area contributed by atoms with E-state index in [1.165, 1.54) is 24.3 Å². The number of nitrogens with zero attached hydrogens (tertiary/aromatic N) is 1. The van der Waals surface area contributed by atoms with Crippen LogP contribution in [0.3, 0.4) is 0 Å². The van der Waals surface area contributed by atoms with E-state index in [4.69, 9.17) is 5.21 Å². The zero-order valence-electron chi connectivity index (χ0n) is 11.3. The second-order valence-corrected chi connectivity index (χ2v) is 4.22. The Morgan fingerprint density at radius 2 is 1.59 bits per heavy atom. The molecule has 0 fully saturated rings. The number of hydrazine groups is 1. The number of carbonyl (C=O) groups is 2. The standard InChI is InChI=1S/C14H13N4O4/c19-13(10-6-8-12(9-7-10)18(21)22)16-17-14(20)15-11-4-2-1-3-5-11/h1-9,21H,(H,16,19)(H2,15,17,20)/q-1. The molecule has 0 unspecified atom stereocenters. The maximum Gasteiger partial charge on any atom is 0.337 e. The van der Waals surface area contributed by atoms with Crippen molar-refractivity contribution in [1.29, 1.82) is 0 Å². The second kappa shape index (κ2) is 7.07. The molecular weight excluding hydrogens is 288 g/mol. The molecule has 114 valence electrons. The van der Waals surface area contributed by atoms with Crippen molar-refractivity contribution in [1.82, 2.24) is 10.9 Å². The van der Waals surface area contributed by atoms with Crippen molar-refractivity contribution in [3.8, 4) is 0 Å². The van der Waals surface area contributed by atoms with Crippen LogP contribution in [-0.2, 0) is 0 Å². The van der Waals surface area contributed by atoms with Gasteiger partial charge in [0.05, 0.1) is 5.69 Å². The Kier molecular flexibility index (Phi) is 4.91. The summed E-state index contributed by atoms with van der Waals surface area (Å²) >= 11 is 0. The molecule has 0 aromatic heterocycles. The van der Waals surface area contributed by atoms with E-state index in [1.54, 1.807) is 24.3 Å². The largest absolute Gasteiger partial charge is 0.733 e. The number of rotatable bonds is 3. The molecule has 2 aromatic rings. The van der Waals surface area contributed by atoms with Gasteiger partial charge in [-0.05, 0) is 36.4 Å². The van der Waals surface area contributed by atoms with E-state index in [0.29, 0.717) is 5.69 Å². The fourth-order valence-corrected chi connectivity index (χ4v) is 1.61. The zero-order chi connectivity index (χ0) is 15.9. The van der Waals surface area contributed by atoms with Gasteiger partial charge in [0.1, 0.15) is 0 Å². The Morgan fingerprint density at radius 1 is 0.955 bits per heavy atom. The van der Waals surface area contributed by atoms with Crippen LogP contribution in [0.5, 0.6) is 0 Å². The monoisotopic (exact) mass is 301 g/mol. The average molecular weight is 301 g/mol. The van der Waals surface area contributed by atoms with Crippen LogP contribution in [0.1, 0.15) is 10.4 Å². The predicted octanol–water partition coefficient (Wildman–Crippen LogP) is 1.85. The first-order chi connectivity index (χ1) is 10.6. The molecule has 4 N–H and O–H groups in total. The summed E-state index contributed by atoms with van der Waals surface area (Å²) < 4.78 is 0. The smallest absolute Gasteiger partial charge is 0.337 e. The first-order valence-corrected chi connectivity index (χ1v) is 6.25. The lowest BCUT2D eigenvalue weighted by Gasteiger charge is -2.21. The van der Waals surface area contributed by atoms with Gasteiger partial charge >= 0.3 is 6.03 Å². The van der Waals surface area contributed by atoms with E-state index in [-0.39, 0.29) is 16.5 Å². The van der Waals surface area contributed by atoms with E-state index < -0.39 is 11.9 Å². The minimum atomic E-state index is -0.600. The van der Waals surface area contributed by atoms with Crippen LogP contribution in [0.15, 0.2) is 54.6 Å². The van der Waals surface area contributed by atoms with Crippen molar-refractivity contribution < 1.29 is 14.8 Å². The Hall–Kier alpha value is -3.10. The Morgan fingerprint density at radius 3 is 2.18 bits per heavy atom. The van der Waals surface area contributed by atoms with Gasteiger partial charge in [-0.25, -0.2) is 10.2 Å². The molecule has 0 spiro atoms. The summed E-state index contributed by atoms with van der Waals surface area (Å²) in [4.78, 5) is 23.3. The molecule has 8 nitrogen and oxygen atoms in total. The molecule has 0 atom stereocenters. The van der Waals surface area contributed by atoms with E-state index in [9.17, 15) is 14.8 Å². The molecule has 0 heterocycles. The van der Waals surface area contributed by atoms with Gasteiger partial charge in [-0.1, -0.05) is 18.2 Å². The van der Waals surface area contributed by atoms with E-state index in [1.807, 2.05) is 6.07 Å². The lowest BCUT2D eigenvalue weighted by molar-refractivity contribution is 0.0938. The van der Waals surface area contributed by atoms with Gasteiger partial charge in [0.2, 0.25) is 0 Å². The third-order valence-electron chi connectivity index (χ3n) is 2.67. The lowest BCUT2D eigenvalue weighted by atomic mass is 10.2. The van der Waals surface area contributed by atoms with Crippen molar-refractivity contribution in [3.05, 3.63) is 65.4 Å². The van der Waals surface area contributed by atoms with Crippen LogP contribution >= 0.6 is 0 Å². The van der Waals surface area contributed by atoms with Gasteiger partial charge in [0, 0.05) is 11.3 Å². The number of carbonyl (C=O) groups excluding carboxylic acids is 2. The quantitative estimate of drug-likeness (QED) is 0.645. The number of urea groups is 1. The number of hydrogen-bond acceptors (Lipinski definition) is 5. The topological polar surface area (TPSA) is 117 Å². The highest BCUT2D eigenvalue weighted by Crippen LogP contribution is 2.12. The number of para-hydroxylation sites is 1. The number of hydrogen-bond donors (Lipinski definition) is 4. The molecular formula is C14H13N4O4-. The Labute approximate surface area is 125 Å². The molecule has 0 aliphatic heterocycles. The number of nitrogens with one attached hydrogen (secondary N) is 3. The molecule has 2 rings (SSSR count). The van der Waals surface area contributed by atoms with Gasteiger partial charge < -0.3 is 15.8 Å². The van der Waals surface area contributed by atoms with Gasteiger partial charge in [0.15, 0.2) is 0 Å². The van der Waals surface area contributed by atoms with Crippen LogP contribution in [0.4, 0.5) is 16.2 Å². The van der Waals surface area contributed by atoms with Crippen LogP contribution in [0.2, 0.25) is 0 Å². The summed E-state index contributed by atoms with van der Waals surface area (Å²) in [6.07, 6.45) is 0. The minimum Gasteiger partial charge on any atom is -0.733 e. The first kappa shape index (κ1) is 15.3. The van der Waals surface area contributed by atoms with E-state index >= 15 is 0 Å². The molecule has 22 heavy (non-hydrogen) atoms. The highest BCUT2D eigenvalue weighted by atomic mass is 16.8. The van der Waals surface area contributed by atoms with Crippen LogP contribution in [0.25, 0.3) is 0 Å². The van der Waals surface area contributed by atoms with Crippen molar-refractivity contribution >= 4 is 23.3 Å². The summed E-state index contributed by atoms with van der Waals surface area (Å²) in [6.45, 7) is 0. The second-order valence-electron chi connectivity index (χ2n) is 4.22. The van der Waals surface area contributed by atoms with Crippen molar-refractivity contribution in [2.24, 2.45) is 0 Å². The van der Waals surface area contributed by atoms with Gasteiger partial charge in [-0.3, -0.25) is 15.4 Å². The number of anilines is 2. The summed E-state index contributed by atoms with van der Waals surface area (Å²) in [6, 6.07) is 13.3. The summed E-state index contributed by atoms with van der Waals surface area (Å²) in [5.41, 5.74) is 5.19. The molecule has 0 aliphatic rings. The Balaban J connectivity index is 1.85. The van der Waals surface area contributed by atoms with E-state index in [2.05, 4.69) is 16.2 Å². The zero-order valence-corrected chi connectivity index (χ0v) is 11.3.